The van der Waals surface area contributed by atoms with E-state index >= 15 is 0 Å². The van der Waals surface area contributed by atoms with Crippen LogP contribution in [-0.4, -0.2) is 35.6 Å². The summed E-state index contributed by atoms with van der Waals surface area (Å²) in [5.41, 5.74) is 0.851. The van der Waals surface area contributed by atoms with E-state index in [1.165, 1.54) is 0 Å². The molecule has 2 atom stereocenters. The molecule has 5 nitrogen and oxygen atoms in total. The van der Waals surface area contributed by atoms with Crippen LogP contribution in [0.15, 0.2) is 47.6 Å². The third-order valence-corrected chi connectivity index (χ3v) is 5.92. The summed E-state index contributed by atoms with van der Waals surface area (Å²) in [7, 11) is -3.41. The highest BCUT2D eigenvalue weighted by atomic mass is 32.2. The van der Waals surface area contributed by atoms with Crippen LogP contribution in [0.4, 0.5) is 0 Å². The van der Waals surface area contributed by atoms with Crippen molar-refractivity contribution in [3.05, 3.63) is 42.7 Å². The van der Waals surface area contributed by atoms with E-state index < -0.39 is 10.0 Å². The van der Waals surface area contributed by atoms with Crippen molar-refractivity contribution in [1.29, 1.82) is 0 Å². The zero-order valence-electron chi connectivity index (χ0n) is 12.9. The fourth-order valence-electron chi connectivity index (χ4n) is 3.14. The van der Waals surface area contributed by atoms with Gasteiger partial charge >= 0.3 is 0 Å². The van der Waals surface area contributed by atoms with Gasteiger partial charge in [0.05, 0.1) is 10.6 Å². The molecular formula is C16H21N3O2S. The Kier molecular flexibility index (Phi) is 4.06. The van der Waals surface area contributed by atoms with Crippen LogP contribution in [0, 0.1) is 11.8 Å². The molecule has 0 bridgehead atoms. The lowest BCUT2D eigenvalue weighted by molar-refractivity contribution is 0.222. The summed E-state index contributed by atoms with van der Waals surface area (Å²) in [5, 5.41) is 4.14. The van der Waals surface area contributed by atoms with Crippen LogP contribution in [0.2, 0.25) is 0 Å². The SMILES string of the molecule is CC1CC(C)CN(S(=O)(=O)c2ccc(-n3cccn3)cc2)C1. The van der Waals surface area contributed by atoms with Gasteiger partial charge in [0.1, 0.15) is 0 Å². The number of hydrogen-bond acceptors (Lipinski definition) is 3. The highest BCUT2D eigenvalue weighted by Crippen LogP contribution is 2.27. The summed E-state index contributed by atoms with van der Waals surface area (Å²) in [6.07, 6.45) is 4.61. The van der Waals surface area contributed by atoms with E-state index in [4.69, 9.17) is 0 Å². The number of sulfonamides is 1. The van der Waals surface area contributed by atoms with Crippen LogP contribution in [0.3, 0.4) is 0 Å². The van der Waals surface area contributed by atoms with Crippen molar-refractivity contribution in [2.24, 2.45) is 11.8 Å². The lowest BCUT2D eigenvalue weighted by Gasteiger charge is -2.34. The third-order valence-electron chi connectivity index (χ3n) is 4.08. The zero-order chi connectivity index (χ0) is 15.7. The predicted molar refractivity (Wildman–Crippen MR) is 85.3 cm³/mol. The average Bonchev–Trinajstić information content (AvgIpc) is 3.00. The number of benzene rings is 1. The normalized spacial score (nSPS) is 23.5. The minimum Gasteiger partial charge on any atom is -0.241 e. The van der Waals surface area contributed by atoms with E-state index in [-0.39, 0.29) is 0 Å². The molecule has 1 aliphatic rings. The molecule has 0 spiro atoms. The topological polar surface area (TPSA) is 55.2 Å². The molecule has 1 aliphatic heterocycles. The monoisotopic (exact) mass is 319 g/mol. The first-order valence-corrected chi connectivity index (χ1v) is 9.01. The molecule has 2 heterocycles. The first kappa shape index (κ1) is 15.2. The standard InChI is InChI=1S/C16H21N3O2S/c1-13-10-14(2)12-18(11-13)22(20,21)16-6-4-15(5-7-16)19-9-3-8-17-19/h3-9,13-14H,10-12H2,1-2H3. The van der Waals surface area contributed by atoms with Crippen molar-refractivity contribution < 1.29 is 8.42 Å². The second-order valence-corrected chi connectivity index (χ2v) is 8.15. The van der Waals surface area contributed by atoms with Crippen molar-refractivity contribution >= 4 is 10.0 Å². The Morgan fingerprint density at radius 2 is 1.73 bits per heavy atom. The van der Waals surface area contributed by atoms with Gasteiger partial charge in [-0.15, -0.1) is 0 Å². The molecule has 6 heteroatoms. The molecule has 22 heavy (non-hydrogen) atoms. The lowest BCUT2D eigenvalue weighted by atomic mass is 9.94. The van der Waals surface area contributed by atoms with Gasteiger partial charge in [-0.25, -0.2) is 13.1 Å². The van der Waals surface area contributed by atoms with Gasteiger partial charge in [-0.3, -0.25) is 0 Å². The summed E-state index contributed by atoms with van der Waals surface area (Å²) in [6.45, 7) is 5.43. The molecule has 3 rings (SSSR count). The summed E-state index contributed by atoms with van der Waals surface area (Å²) >= 11 is 0. The Labute approximate surface area is 131 Å². The smallest absolute Gasteiger partial charge is 0.241 e. The van der Waals surface area contributed by atoms with E-state index in [1.54, 1.807) is 39.4 Å². The van der Waals surface area contributed by atoms with E-state index in [1.807, 2.05) is 12.3 Å². The molecule has 0 radical (unpaired) electrons. The molecule has 1 aromatic heterocycles. The van der Waals surface area contributed by atoms with Crippen molar-refractivity contribution in [3.8, 4) is 5.69 Å². The molecule has 2 unspecified atom stereocenters. The average molecular weight is 319 g/mol. The van der Waals surface area contributed by atoms with Crippen LogP contribution in [0.25, 0.3) is 5.69 Å². The van der Waals surface area contributed by atoms with Crippen LogP contribution in [0.5, 0.6) is 0 Å². The minimum atomic E-state index is -3.41. The number of nitrogens with zero attached hydrogens (tertiary/aromatic N) is 3. The molecule has 0 aliphatic carbocycles. The van der Waals surface area contributed by atoms with Crippen molar-refractivity contribution in [2.45, 2.75) is 25.2 Å². The molecule has 0 amide bonds. The van der Waals surface area contributed by atoms with E-state index in [0.717, 1.165) is 12.1 Å². The number of piperidine rings is 1. The van der Waals surface area contributed by atoms with Crippen molar-refractivity contribution in [2.75, 3.05) is 13.1 Å². The summed E-state index contributed by atoms with van der Waals surface area (Å²) in [6, 6.07) is 8.74. The fourth-order valence-corrected chi connectivity index (χ4v) is 4.82. The minimum absolute atomic E-state index is 0.352. The second kappa shape index (κ2) is 5.85. The van der Waals surface area contributed by atoms with Crippen LogP contribution < -0.4 is 0 Å². The Balaban J connectivity index is 1.86. The highest BCUT2D eigenvalue weighted by molar-refractivity contribution is 7.89. The van der Waals surface area contributed by atoms with E-state index in [2.05, 4.69) is 18.9 Å². The Bertz CT molecular complexity index is 713. The number of rotatable bonds is 3. The van der Waals surface area contributed by atoms with Gasteiger partial charge in [-0.2, -0.15) is 9.40 Å². The Hall–Kier alpha value is -1.66. The van der Waals surface area contributed by atoms with E-state index in [0.29, 0.717) is 29.8 Å². The van der Waals surface area contributed by atoms with Gasteiger partial charge in [-0.05, 0) is 48.6 Å². The number of hydrogen-bond donors (Lipinski definition) is 0. The maximum Gasteiger partial charge on any atom is 0.243 e. The summed E-state index contributed by atoms with van der Waals surface area (Å²) in [4.78, 5) is 0.352. The highest BCUT2D eigenvalue weighted by Gasteiger charge is 2.31. The van der Waals surface area contributed by atoms with Gasteiger partial charge in [0.2, 0.25) is 10.0 Å². The van der Waals surface area contributed by atoms with Gasteiger partial charge in [0.25, 0.3) is 0 Å². The number of aromatic nitrogens is 2. The lowest BCUT2D eigenvalue weighted by Crippen LogP contribution is -2.42. The summed E-state index contributed by atoms with van der Waals surface area (Å²) < 4.78 is 28.9. The van der Waals surface area contributed by atoms with Gasteiger partial charge < -0.3 is 0 Å². The molecule has 1 aromatic carbocycles. The molecule has 0 saturated carbocycles. The Morgan fingerprint density at radius 1 is 1.09 bits per heavy atom. The molecule has 2 aromatic rings. The molecule has 118 valence electrons. The molecule has 1 saturated heterocycles. The van der Waals surface area contributed by atoms with Crippen molar-refractivity contribution in [3.63, 3.8) is 0 Å². The third kappa shape index (κ3) is 2.94. The largest absolute Gasteiger partial charge is 0.243 e. The quantitative estimate of drug-likeness (QED) is 0.873. The fraction of sp³-hybridized carbons (Fsp3) is 0.438. The first-order valence-electron chi connectivity index (χ1n) is 7.57. The van der Waals surface area contributed by atoms with Gasteiger partial charge in [0, 0.05) is 25.5 Å². The molecular weight excluding hydrogens is 298 g/mol. The van der Waals surface area contributed by atoms with Gasteiger partial charge in [0.15, 0.2) is 0 Å². The zero-order valence-corrected chi connectivity index (χ0v) is 13.7. The molecule has 0 N–H and O–H groups in total. The van der Waals surface area contributed by atoms with Gasteiger partial charge in [-0.1, -0.05) is 13.8 Å². The first-order chi connectivity index (χ1) is 10.5. The van der Waals surface area contributed by atoms with Crippen LogP contribution in [-0.2, 0) is 10.0 Å². The van der Waals surface area contributed by atoms with Crippen molar-refractivity contribution in [1.82, 2.24) is 14.1 Å². The second-order valence-electron chi connectivity index (χ2n) is 6.21. The predicted octanol–water partition coefficient (Wildman–Crippen LogP) is 2.54. The Morgan fingerprint density at radius 3 is 2.27 bits per heavy atom. The maximum absolute atomic E-state index is 12.8. The molecule has 1 fully saturated rings. The summed E-state index contributed by atoms with van der Waals surface area (Å²) in [5.74, 6) is 0.809. The van der Waals surface area contributed by atoms with Crippen LogP contribution in [0.1, 0.15) is 20.3 Å². The maximum atomic E-state index is 12.8. The van der Waals surface area contributed by atoms with Crippen LogP contribution >= 0.6 is 0 Å². The van der Waals surface area contributed by atoms with E-state index in [9.17, 15) is 8.42 Å².